The molecule has 0 aliphatic carbocycles. The summed E-state index contributed by atoms with van der Waals surface area (Å²) in [7, 11) is 0. The molecule has 1 saturated heterocycles. The average molecular weight is 362 g/mol. The Balaban J connectivity index is 1.52. The molecule has 1 aromatic heterocycles. The summed E-state index contributed by atoms with van der Waals surface area (Å²) < 4.78 is 2.18. The van der Waals surface area contributed by atoms with E-state index in [1.165, 1.54) is 61.8 Å². The van der Waals surface area contributed by atoms with E-state index in [0.717, 1.165) is 12.1 Å². The topological polar surface area (TPSA) is 45.5 Å². The van der Waals surface area contributed by atoms with Gasteiger partial charge in [0.25, 0.3) is 0 Å². The molecule has 0 amide bonds. The van der Waals surface area contributed by atoms with Crippen molar-refractivity contribution in [2.45, 2.75) is 32.1 Å². The van der Waals surface area contributed by atoms with Gasteiger partial charge < -0.3 is 14.6 Å². The largest absolute Gasteiger partial charge is 0.478 e. The molecular formula is C23H26N2O2. The van der Waals surface area contributed by atoms with E-state index < -0.39 is 5.97 Å². The van der Waals surface area contributed by atoms with Gasteiger partial charge in [-0.2, -0.15) is 0 Å². The second-order valence-corrected chi connectivity index (χ2v) is 7.40. The van der Waals surface area contributed by atoms with Crippen molar-refractivity contribution in [1.82, 2.24) is 9.47 Å². The van der Waals surface area contributed by atoms with Crippen LogP contribution in [0.3, 0.4) is 0 Å². The van der Waals surface area contributed by atoms with Crippen LogP contribution < -0.4 is 0 Å². The summed E-state index contributed by atoms with van der Waals surface area (Å²) in [5.41, 5.74) is 3.86. The standard InChI is InChI=1S/C23H26N2O2/c26-23(27)18-10-12-20(13-11-18)25-17-19(21-8-1-2-9-22(21)25)7-3-4-14-24-15-5-6-16-24/h1-2,8-13,17H,3-7,14-16H2,(H,26,27). The van der Waals surface area contributed by atoms with Crippen LogP contribution in [0.4, 0.5) is 0 Å². The summed E-state index contributed by atoms with van der Waals surface area (Å²) in [5, 5.41) is 10.4. The number of carboxylic acids is 1. The van der Waals surface area contributed by atoms with E-state index in [-0.39, 0.29) is 0 Å². The van der Waals surface area contributed by atoms with Gasteiger partial charge in [-0.15, -0.1) is 0 Å². The fraction of sp³-hybridized carbons (Fsp3) is 0.348. The second-order valence-electron chi connectivity index (χ2n) is 7.40. The van der Waals surface area contributed by atoms with E-state index in [1.807, 2.05) is 12.1 Å². The number of hydrogen-bond acceptors (Lipinski definition) is 2. The van der Waals surface area contributed by atoms with Crippen LogP contribution in [-0.2, 0) is 6.42 Å². The quantitative estimate of drug-likeness (QED) is 0.617. The molecule has 0 unspecified atom stereocenters. The monoisotopic (exact) mass is 362 g/mol. The summed E-state index contributed by atoms with van der Waals surface area (Å²) in [4.78, 5) is 13.7. The molecule has 4 nitrogen and oxygen atoms in total. The van der Waals surface area contributed by atoms with Gasteiger partial charge in [-0.05, 0) is 87.6 Å². The number of aryl methyl sites for hydroxylation is 1. The number of rotatable bonds is 7. The van der Waals surface area contributed by atoms with Gasteiger partial charge in [0.05, 0.1) is 11.1 Å². The Morgan fingerprint density at radius 3 is 2.44 bits per heavy atom. The van der Waals surface area contributed by atoms with E-state index >= 15 is 0 Å². The van der Waals surface area contributed by atoms with Crippen LogP contribution in [0.25, 0.3) is 16.6 Å². The molecule has 27 heavy (non-hydrogen) atoms. The van der Waals surface area contributed by atoms with Crippen LogP contribution >= 0.6 is 0 Å². The van der Waals surface area contributed by atoms with Crippen LogP contribution in [0.1, 0.15) is 41.6 Å². The first-order chi connectivity index (χ1) is 13.2. The smallest absolute Gasteiger partial charge is 0.335 e. The second kappa shape index (κ2) is 7.97. The van der Waals surface area contributed by atoms with E-state index in [4.69, 9.17) is 5.11 Å². The van der Waals surface area contributed by atoms with Crippen molar-refractivity contribution in [3.05, 3.63) is 65.9 Å². The Kier molecular flexibility index (Phi) is 5.26. The maximum atomic E-state index is 11.1. The van der Waals surface area contributed by atoms with E-state index in [9.17, 15) is 4.79 Å². The molecule has 0 spiro atoms. The lowest BCUT2D eigenvalue weighted by Gasteiger charge is -2.13. The van der Waals surface area contributed by atoms with Gasteiger partial charge in [0, 0.05) is 17.3 Å². The Bertz CT molecular complexity index is 921. The Hall–Kier alpha value is -2.59. The number of aromatic nitrogens is 1. The summed E-state index contributed by atoms with van der Waals surface area (Å²) in [6.45, 7) is 3.76. The van der Waals surface area contributed by atoms with Crippen molar-refractivity contribution >= 4 is 16.9 Å². The van der Waals surface area contributed by atoms with Crippen molar-refractivity contribution in [1.29, 1.82) is 0 Å². The van der Waals surface area contributed by atoms with Crippen molar-refractivity contribution in [2.75, 3.05) is 19.6 Å². The number of hydrogen-bond donors (Lipinski definition) is 1. The number of fused-ring (bicyclic) bond motifs is 1. The third-order valence-corrected chi connectivity index (χ3v) is 5.56. The first-order valence-corrected chi connectivity index (χ1v) is 9.87. The van der Waals surface area contributed by atoms with Crippen LogP contribution in [0.5, 0.6) is 0 Å². The average Bonchev–Trinajstić information content (AvgIpc) is 3.33. The Morgan fingerprint density at radius 1 is 0.963 bits per heavy atom. The lowest BCUT2D eigenvalue weighted by atomic mass is 10.1. The van der Waals surface area contributed by atoms with E-state index in [2.05, 4.69) is 39.9 Å². The molecule has 1 fully saturated rings. The van der Waals surface area contributed by atoms with Crippen molar-refractivity contribution in [3.63, 3.8) is 0 Å². The van der Waals surface area contributed by atoms with Crippen molar-refractivity contribution in [2.24, 2.45) is 0 Å². The fourth-order valence-corrected chi connectivity index (χ4v) is 4.08. The van der Waals surface area contributed by atoms with Gasteiger partial charge in [0.1, 0.15) is 0 Å². The molecule has 0 radical (unpaired) electrons. The van der Waals surface area contributed by atoms with Crippen LogP contribution in [0, 0.1) is 0 Å². The molecule has 1 N–H and O–H groups in total. The van der Waals surface area contributed by atoms with Crippen molar-refractivity contribution in [3.8, 4) is 5.69 Å². The van der Waals surface area contributed by atoms with E-state index in [1.54, 1.807) is 12.1 Å². The number of aromatic carboxylic acids is 1. The fourth-order valence-electron chi connectivity index (χ4n) is 4.08. The molecule has 4 rings (SSSR count). The maximum Gasteiger partial charge on any atom is 0.335 e. The zero-order valence-corrected chi connectivity index (χ0v) is 15.6. The zero-order chi connectivity index (χ0) is 18.6. The molecule has 0 atom stereocenters. The van der Waals surface area contributed by atoms with Gasteiger partial charge >= 0.3 is 5.97 Å². The summed E-state index contributed by atoms with van der Waals surface area (Å²) in [6, 6.07) is 15.6. The number of carbonyl (C=O) groups is 1. The third kappa shape index (κ3) is 3.91. The molecule has 1 aliphatic rings. The highest BCUT2D eigenvalue weighted by molar-refractivity contribution is 5.88. The van der Waals surface area contributed by atoms with Crippen LogP contribution in [-0.4, -0.2) is 40.2 Å². The van der Waals surface area contributed by atoms with Gasteiger partial charge in [-0.25, -0.2) is 4.79 Å². The number of para-hydroxylation sites is 1. The zero-order valence-electron chi connectivity index (χ0n) is 15.6. The maximum absolute atomic E-state index is 11.1. The third-order valence-electron chi connectivity index (χ3n) is 5.56. The molecule has 3 aromatic rings. The van der Waals surface area contributed by atoms with Gasteiger partial charge in [0.15, 0.2) is 0 Å². The molecule has 2 aromatic carbocycles. The first kappa shape index (κ1) is 17.8. The lowest BCUT2D eigenvalue weighted by Crippen LogP contribution is -2.20. The molecule has 4 heteroatoms. The first-order valence-electron chi connectivity index (χ1n) is 9.87. The van der Waals surface area contributed by atoms with Gasteiger partial charge in [0.2, 0.25) is 0 Å². The highest BCUT2D eigenvalue weighted by atomic mass is 16.4. The predicted molar refractivity (Wildman–Crippen MR) is 109 cm³/mol. The molecule has 0 saturated carbocycles. The molecule has 0 bridgehead atoms. The number of benzene rings is 2. The van der Waals surface area contributed by atoms with Crippen LogP contribution in [0.2, 0.25) is 0 Å². The summed E-state index contributed by atoms with van der Waals surface area (Å²) in [5.74, 6) is -0.891. The minimum atomic E-state index is -0.891. The number of likely N-dealkylation sites (tertiary alicyclic amines) is 1. The molecule has 1 aliphatic heterocycles. The number of nitrogens with zero attached hydrogens (tertiary/aromatic N) is 2. The minimum absolute atomic E-state index is 0.317. The normalized spacial score (nSPS) is 14.8. The number of carboxylic acid groups (broad SMARTS) is 1. The number of unbranched alkanes of at least 4 members (excludes halogenated alkanes) is 1. The minimum Gasteiger partial charge on any atom is -0.478 e. The highest BCUT2D eigenvalue weighted by Crippen LogP contribution is 2.26. The SMILES string of the molecule is O=C(O)c1ccc(-n2cc(CCCCN3CCCC3)c3ccccc32)cc1. The lowest BCUT2D eigenvalue weighted by molar-refractivity contribution is 0.0697. The highest BCUT2D eigenvalue weighted by Gasteiger charge is 2.12. The molecule has 140 valence electrons. The predicted octanol–water partition coefficient (Wildman–Crippen LogP) is 4.75. The Labute approximate surface area is 160 Å². The molecule has 2 heterocycles. The van der Waals surface area contributed by atoms with Crippen molar-refractivity contribution < 1.29 is 9.90 Å². The van der Waals surface area contributed by atoms with E-state index in [0.29, 0.717) is 5.56 Å². The van der Waals surface area contributed by atoms with Crippen LogP contribution in [0.15, 0.2) is 54.7 Å². The molecular weight excluding hydrogens is 336 g/mol. The van der Waals surface area contributed by atoms with Gasteiger partial charge in [-0.1, -0.05) is 18.2 Å². The summed E-state index contributed by atoms with van der Waals surface area (Å²) in [6.07, 6.45) is 8.45. The summed E-state index contributed by atoms with van der Waals surface area (Å²) >= 11 is 0. The Morgan fingerprint density at radius 2 is 1.70 bits per heavy atom. The van der Waals surface area contributed by atoms with Gasteiger partial charge in [-0.3, -0.25) is 0 Å².